The zero-order valence-electron chi connectivity index (χ0n) is 19.0. The van der Waals surface area contributed by atoms with Crippen molar-refractivity contribution in [2.75, 3.05) is 46.1 Å². The minimum atomic E-state index is -3.75. The van der Waals surface area contributed by atoms with Crippen LogP contribution in [-0.4, -0.2) is 80.7 Å². The minimum absolute atomic E-state index is 0.118. The van der Waals surface area contributed by atoms with Crippen LogP contribution in [0.2, 0.25) is 0 Å². The molecule has 0 heterocycles. The molecule has 0 fully saturated rings. The van der Waals surface area contributed by atoms with Crippen LogP contribution >= 0.6 is 0 Å². The lowest BCUT2D eigenvalue weighted by Gasteiger charge is -2.15. The second-order valence-corrected chi connectivity index (χ2v) is 8.83. The van der Waals surface area contributed by atoms with Gasteiger partial charge in [0.1, 0.15) is 0 Å². The van der Waals surface area contributed by atoms with Gasteiger partial charge in [-0.3, -0.25) is 14.1 Å². The van der Waals surface area contributed by atoms with Gasteiger partial charge in [-0.15, -0.1) is 0 Å². The lowest BCUT2D eigenvalue weighted by Crippen LogP contribution is -2.26. The summed E-state index contributed by atoms with van der Waals surface area (Å²) in [4.78, 5) is 25.9. The van der Waals surface area contributed by atoms with E-state index in [9.17, 15) is 18.0 Å². The Morgan fingerprint density at radius 3 is 2.03 bits per heavy atom. The van der Waals surface area contributed by atoms with Gasteiger partial charge in [0.15, 0.2) is 0 Å². The van der Waals surface area contributed by atoms with Crippen molar-refractivity contribution < 1.29 is 27.3 Å². The van der Waals surface area contributed by atoms with Crippen molar-refractivity contribution in [1.29, 1.82) is 0 Å². The number of unbranched alkanes of at least 4 members (excludes halogenated alkanes) is 3. The number of nitrogens with zero attached hydrogens (tertiary/aromatic N) is 2. The van der Waals surface area contributed by atoms with Gasteiger partial charge in [0.2, 0.25) is 5.91 Å². The monoisotopic (exact) mass is 438 g/mol. The lowest BCUT2D eigenvalue weighted by molar-refractivity contribution is -0.141. The van der Waals surface area contributed by atoms with Crippen LogP contribution in [0.5, 0.6) is 0 Å². The highest BCUT2D eigenvalue weighted by Gasteiger charge is 2.06. The van der Waals surface area contributed by atoms with Gasteiger partial charge >= 0.3 is 5.97 Å². The molecule has 0 saturated carbocycles. The molecule has 0 unspecified atom stereocenters. The van der Waals surface area contributed by atoms with Crippen molar-refractivity contribution in [2.45, 2.75) is 72.1 Å². The first-order chi connectivity index (χ1) is 13.5. The number of rotatable bonds is 15. The maximum absolute atomic E-state index is 11.5. The van der Waals surface area contributed by atoms with E-state index in [0.717, 1.165) is 58.2 Å². The van der Waals surface area contributed by atoms with E-state index in [1.54, 1.807) is 4.90 Å². The van der Waals surface area contributed by atoms with Gasteiger partial charge in [-0.05, 0) is 65.1 Å². The molecule has 0 saturated heterocycles. The smallest absolute Gasteiger partial charge is 0.302 e. The third-order valence-electron chi connectivity index (χ3n) is 4.12. The SMILES string of the molecule is CCCN(C)C(=O)CCCCCOC(C)=O.CCCN(C)CCCCS(=O)(=O)O. The summed E-state index contributed by atoms with van der Waals surface area (Å²) in [6.45, 7) is 8.79. The van der Waals surface area contributed by atoms with Gasteiger partial charge in [-0.25, -0.2) is 0 Å². The third kappa shape index (κ3) is 24.8. The first kappa shape index (κ1) is 30.0. The van der Waals surface area contributed by atoms with Gasteiger partial charge in [-0.2, -0.15) is 8.42 Å². The van der Waals surface area contributed by atoms with Crippen LogP contribution in [0.4, 0.5) is 0 Å². The molecule has 0 spiro atoms. The minimum Gasteiger partial charge on any atom is -0.466 e. The van der Waals surface area contributed by atoms with Crippen molar-refractivity contribution in [2.24, 2.45) is 0 Å². The Morgan fingerprint density at radius 2 is 1.52 bits per heavy atom. The molecule has 0 aliphatic rings. The zero-order valence-corrected chi connectivity index (χ0v) is 19.8. The molecule has 29 heavy (non-hydrogen) atoms. The van der Waals surface area contributed by atoms with Crippen LogP contribution in [0.1, 0.15) is 72.1 Å². The molecular weight excluding hydrogens is 396 g/mol. The normalized spacial score (nSPS) is 11.0. The first-order valence-electron chi connectivity index (χ1n) is 10.5. The molecule has 0 aromatic rings. The molecule has 0 atom stereocenters. The molecule has 1 N–H and O–H groups in total. The fourth-order valence-corrected chi connectivity index (χ4v) is 3.15. The molecule has 0 aliphatic carbocycles. The maximum Gasteiger partial charge on any atom is 0.302 e. The van der Waals surface area contributed by atoms with E-state index in [2.05, 4.69) is 18.7 Å². The van der Waals surface area contributed by atoms with Crippen LogP contribution in [0.3, 0.4) is 0 Å². The number of carbonyl (C=O) groups is 2. The van der Waals surface area contributed by atoms with E-state index < -0.39 is 10.1 Å². The number of amides is 1. The zero-order chi connectivity index (χ0) is 22.7. The average molecular weight is 439 g/mol. The van der Waals surface area contributed by atoms with Gasteiger partial charge < -0.3 is 14.5 Å². The number of hydrogen-bond acceptors (Lipinski definition) is 6. The molecule has 1 amide bonds. The Balaban J connectivity index is 0. The molecule has 0 aliphatic heterocycles. The van der Waals surface area contributed by atoms with Crippen molar-refractivity contribution >= 4 is 22.0 Å². The number of hydrogen-bond donors (Lipinski definition) is 1. The van der Waals surface area contributed by atoms with Crippen molar-refractivity contribution in [3.63, 3.8) is 0 Å². The van der Waals surface area contributed by atoms with E-state index in [-0.39, 0.29) is 17.6 Å². The molecule has 0 rings (SSSR count). The molecule has 0 bridgehead atoms. The van der Waals surface area contributed by atoms with Crippen molar-refractivity contribution in [3.8, 4) is 0 Å². The summed E-state index contributed by atoms with van der Waals surface area (Å²) in [5.41, 5.74) is 0. The summed E-state index contributed by atoms with van der Waals surface area (Å²) in [7, 11) is 0.0960. The summed E-state index contributed by atoms with van der Waals surface area (Å²) in [6.07, 6.45) is 6.68. The summed E-state index contributed by atoms with van der Waals surface area (Å²) in [5, 5.41) is 0. The first-order valence-corrected chi connectivity index (χ1v) is 12.1. The Morgan fingerprint density at radius 1 is 0.897 bits per heavy atom. The van der Waals surface area contributed by atoms with Gasteiger partial charge in [0, 0.05) is 26.9 Å². The van der Waals surface area contributed by atoms with Crippen molar-refractivity contribution in [3.05, 3.63) is 0 Å². The van der Waals surface area contributed by atoms with E-state index in [1.165, 1.54) is 6.92 Å². The summed E-state index contributed by atoms with van der Waals surface area (Å²) in [6, 6.07) is 0. The Kier molecular flexibility index (Phi) is 19.5. The van der Waals surface area contributed by atoms with Gasteiger partial charge in [0.25, 0.3) is 10.1 Å². The average Bonchev–Trinajstić information content (AvgIpc) is 2.61. The second-order valence-electron chi connectivity index (χ2n) is 7.26. The Labute approximate surface area is 177 Å². The van der Waals surface area contributed by atoms with E-state index in [4.69, 9.17) is 9.29 Å². The maximum atomic E-state index is 11.5. The standard InChI is InChI=1S/C12H23NO3.C8H19NO3S/c1-4-9-13(3)12(15)8-6-5-7-10-16-11(2)14;1-3-6-9(2)7-4-5-8-13(10,11)12/h4-10H2,1-3H3;3-8H2,1-2H3,(H,10,11,12). The predicted molar refractivity (Wildman–Crippen MR) is 116 cm³/mol. The summed E-state index contributed by atoms with van der Waals surface area (Å²) in [5.74, 6) is -0.152. The van der Waals surface area contributed by atoms with Crippen LogP contribution in [0.15, 0.2) is 0 Å². The molecule has 0 aromatic carbocycles. The highest BCUT2D eigenvalue weighted by atomic mass is 32.2. The van der Waals surface area contributed by atoms with Crippen molar-refractivity contribution in [1.82, 2.24) is 9.80 Å². The molecule has 174 valence electrons. The molecule has 0 aromatic heterocycles. The fourth-order valence-electron chi connectivity index (χ4n) is 2.58. The van der Waals surface area contributed by atoms with E-state index in [1.807, 2.05) is 14.1 Å². The van der Waals surface area contributed by atoms with Crippen LogP contribution in [0, 0.1) is 0 Å². The highest BCUT2D eigenvalue weighted by molar-refractivity contribution is 7.85. The molecule has 0 radical (unpaired) electrons. The largest absolute Gasteiger partial charge is 0.466 e. The topological polar surface area (TPSA) is 104 Å². The quantitative estimate of drug-likeness (QED) is 0.238. The van der Waals surface area contributed by atoms with E-state index >= 15 is 0 Å². The number of carbonyl (C=O) groups excluding carboxylic acids is 2. The fraction of sp³-hybridized carbons (Fsp3) is 0.900. The second kappa shape index (κ2) is 18.8. The number of esters is 1. The lowest BCUT2D eigenvalue weighted by atomic mass is 10.2. The number of ether oxygens (including phenoxy) is 1. The summed E-state index contributed by atoms with van der Waals surface area (Å²) < 4.78 is 33.9. The van der Waals surface area contributed by atoms with Crippen LogP contribution in [-0.2, 0) is 24.4 Å². The highest BCUT2D eigenvalue weighted by Crippen LogP contribution is 2.03. The van der Waals surface area contributed by atoms with Crippen LogP contribution < -0.4 is 0 Å². The van der Waals surface area contributed by atoms with E-state index in [0.29, 0.717) is 19.4 Å². The summed E-state index contributed by atoms with van der Waals surface area (Å²) >= 11 is 0. The predicted octanol–water partition coefficient (Wildman–Crippen LogP) is 2.97. The van der Waals surface area contributed by atoms with Gasteiger partial charge in [0.05, 0.1) is 12.4 Å². The Hall–Kier alpha value is -1.19. The molecule has 8 nitrogen and oxygen atoms in total. The molecule has 9 heteroatoms. The Bertz CT molecular complexity index is 525. The third-order valence-corrected chi connectivity index (χ3v) is 4.93. The molecular formula is C20H42N2O6S. The van der Waals surface area contributed by atoms with Gasteiger partial charge in [-0.1, -0.05) is 13.8 Å². The van der Waals surface area contributed by atoms with Crippen LogP contribution in [0.25, 0.3) is 0 Å².